The molecule has 1 aliphatic heterocycles. The molecule has 1 aromatic heterocycles. The summed E-state index contributed by atoms with van der Waals surface area (Å²) in [5.74, 6) is 0.264. The van der Waals surface area contributed by atoms with Crippen molar-refractivity contribution in [2.24, 2.45) is 0 Å². The van der Waals surface area contributed by atoms with Gasteiger partial charge in [-0.1, -0.05) is 48.6 Å². The Morgan fingerprint density at radius 2 is 1.94 bits per heavy atom. The average molecular weight is 437 g/mol. The molecular formula is C23H24N4O3S. The average Bonchev–Trinajstić information content (AvgIpc) is 3.40. The minimum atomic E-state index is -0.298. The van der Waals surface area contributed by atoms with Gasteiger partial charge in [0.15, 0.2) is 0 Å². The Bertz CT molecular complexity index is 1100. The van der Waals surface area contributed by atoms with Crippen molar-refractivity contribution in [1.29, 1.82) is 0 Å². The molecule has 0 bridgehead atoms. The molecule has 0 saturated carbocycles. The molecule has 0 radical (unpaired) electrons. The molecule has 1 aliphatic rings. The van der Waals surface area contributed by atoms with Crippen LogP contribution in [0.3, 0.4) is 0 Å². The number of rotatable bonds is 7. The number of hydrogen-bond acceptors (Lipinski definition) is 6. The summed E-state index contributed by atoms with van der Waals surface area (Å²) in [6.07, 6.45) is 1.25. The van der Waals surface area contributed by atoms with Crippen molar-refractivity contribution in [3.63, 3.8) is 0 Å². The smallest absolute Gasteiger partial charge is 0.261 e. The number of carbonyl (C=O) groups is 2. The Labute approximate surface area is 185 Å². The molecule has 1 atom stereocenters. The second-order valence-electron chi connectivity index (χ2n) is 7.22. The van der Waals surface area contributed by atoms with Crippen LogP contribution in [0.4, 0.5) is 10.8 Å². The zero-order chi connectivity index (χ0) is 21.8. The van der Waals surface area contributed by atoms with Gasteiger partial charge < -0.3 is 9.64 Å². The molecule has 31 heavy (non-hydrogen) atoms. The third-order valence-corrected chi connectivity index (χ3v) is 6.23. The van der Waals surface area contributed by atoms with Crippen LogP contribution in [0.25, 0.3) is 0 Å². The lowest BCUT2D eigenvalue weighted by atomic mass is 10.1. The number of aryl methyl sites for hydroxylation is 1. The van der Waals surface area contributed by atoms with Gasteiger partial charge in [0.05, 0.1) is 12.2 Å². The van der Waals surface area contributed by atoms with Crippen molar-refractivity contribution in [1.82, 2.24) is 10.2 Å². The molecule has 2 aromatic carbocycles. The summed E-state index contributed by atoms with van der Waals surface area (Å²) in [4.78, 5) is 27.2. The van der Waals surface area contributed by atoms with Gasteiger partial charge in [0.1, 0.15) is 10.8 Å². The van der Waals surface area contributed by atoms with Gasteiger partial charge in [-0.05, 0) is 37.1 Å². The number of nitrogens with zero attached hydrogens (tertiary/aromatic N) is 3. The normalized spacial score (nSPS) is 15.9. The van der Waals surface area contributed by atoms with Gasteiger partial charge in [-0.15, -0.1) is 10.2 Å². The van der Waals surface area contributed by atoms with E-state index in [0.717, 1.165) is 22.7 Å². The number of hydrogen-bond donors (Lipinski definition) is 1. The van der Waals surface area contributed by atoms with Crippen LogP contribution in [0, 0.1) is 0 Å². The molecule has 0 aliphatic carbocycles. The van der Waals surface area contributed by atoms with E-state index in [1.807, 2.05) is 36.1 Å². The Hall–Kier alpha value is -3.26. The number of ether oxygens (including phenoxy) is 1. The molecule has 1 fully saturated rings. The van der Waals surface area contributed by atoms with Crippen LogP contribution in [0.5, 0.6) is 5.75 Å². The van der Waals surface area contributed by atoms with E-state index in [0.29, 0.717) is 36.0 Å². The number of aromatic nitrogens is 2. The van der Waals surface area contributed by atoms with Gasteiger partial charge in [0.25, 0.3) is 5.91 Å². The molecule has 160 valence electrons. The SMILES string of the molecule is CCOc1ccccc1C(=O)Nc1nnc([C@@H]2CC(=O)N(c3ccccc3CC)C2)s1. The van der Waals surface area contributed by atoms with Gasteiger partial charge in [0, 0.05) is 24.6 Å². The molecule has 0 unspecified atom stereocenters. The highest BCUT2D eigenvalue weighted by Crippen LogP contribution is 2.35. The van der Waals surface area contributed by atoms with Crippen LogP contribution in [-0.2, 0) is 11.2 Å². The Balaban J connectivity index is 1.47. The fraction of sp³-hybridized carbons (Fsp3) is 0.304. The molecular weight excluding hydrogens is 412 g/mol. The maximum atomic E-state index is 12.7. The van der Waals surface area contributed by atoms with Crippen molar-refractivity contribution in [3.8, 4) is 5.75 Å². The predicted octanol–water partition coefficient (Wildman–Crippen LogP) is 4.27. The lowest BCUT2D eigenvalue weighted by Crippen LogP contribution is -2.25. The van der Waals surface area contributed by atoms with E-state index in [4.69, 9.17) is 4.74 Å². The highest BCUT2D eigenvalue weighted by atomic mass is 32.1. The number of anilines is 2. The van der Waals surface area contributed by atoms with Crippen molar-refractivity contribution in [2.45, 2.75) is 32.6 Å². The van der Waals surface area contributed by atoms with Crippen molar-refractivity contribution < 1.29 is 14.3 Å². The molecule has 1 saturated heterocycles. The number of nitrogens with one attached hydrogen (secondary N) is 1. The monoisotopic (exact) mass is 436 g/mol. The molecule has 8 heteroatoms. The summed E-state index contributed by atoms with van der Waals surface area (Å²) in [7, 11) is 0. The zero-order valence-corrected chi connectivity index (χ0v) is 18.3. The first-order valence-electron chi connectivity index (χ1n) is 10.4. The van der Waals surface area contributed by atoms with Crippen LogP contribution < -0.4 is 15.0 Å². The molecule has 2 amide bonds. The largest absolute Gasteiger partial charge is 0.493 e. The molecule has 3 aromatic rings. The van der Waals surface area contributed by atoms with Crippen molar-refractivity contribution in [3.05, 3.63) is 64.7 Å². The van der Waals surface area contributed by atoms with E-state index < -0.39 is 0 Å². The van der Waals surface area contributed by atoms with Gasteiger partial charge in [-0.3, -0.25) is 14.9 Å². The van der Waals surface area contributed by atoms with Crippen LogP contribution in [0.2, 0.25) is 0 Å². The van der Waals surface area contributed by atoms with E-state index in [1.165, 1.54) is 11.3 Å². The molecule has 0 spiro atoms. The summed E-state index contributed by atoms with van der Waals surface area (Å²) in [5.41, 5.74) is 2.55. The Kier molecular flexibility index (Phi) is 6.27. The third-order valence-electron chi connectivity index (χ3n) is 5.23. The van der Waals surface area contributed by atoms with Gasteiger partial charge in [0.2, 0.25) is 11.0 Å². The quantitative estimate of drug-likeness (QED) is 0.598. The van der Waals surface area contributed by atoms with Crippen molar-refractivity contribution in [2.75, 3.05) is 23.4 Å². The summed E-state index contributed by atoms with van der Waals surface area (Å²) in [6, 6.07) is 15.1. The highest BCUT2D eigenvalue weighted by Gasteiger charge is 2.34. The first-order valence-corrected chi connectivity index (χ1v) is 11.2. The second-order valence-corrected chi connectivity index (χ2v) is 8.23. The van der Waals surface area contributed by atoms with E-state index in [2.05, 4.69) is 28.5 Å². The summed E-state index contributed by atoms with van der Waals surface area (Å²) >= 11 is 1.31. The van der Waals surface area contributed by atoms with E-state index in [9.17, 15) is 9.59 Å². The summed E-state index contributed by atoms with van der Waals surface area (Å²) in [5, 5.41) is 12.3. The number of carbonyl (C=O) groups excluding carboxylic acids is 2. The third kappa shape index (κ3) is 4.44. The van der Waals surface area contributed by atoms with Gasteiger partial charge in [-0.2, -0.15) is 0 Å². The van der Waals surface area contributed by atoms with E-state index >= 15 is 0 Å². The first-order chi connectivity index (χ1) is 15.1. The first kappa shape index (κ1) is 21.0. The number of para-hydroxylation sites is 2. The maximum Gasteiger partial charge on any atom is 0.261 e. The number of amides is 2. The summed E-state index contributed by atoms with van der Waals surface area (Å²) in [6.45, 7) is 4.99. The molecule has 7 nitrogen and oxygen atoms in total. The van der Waals surface area contributed by atoms with Crippen LogP contribution in [0.15, 0.2) is 48.5 Å². The fourth-order valence-corrected chi connectivity index (χ4v) is 4.56. The van der Waals surface area contributed by atoms with E-state index in [1.54, 1.807) is 18.2 Å². The van der Waals surface area contributed by atoms with Gasteiger partial charge >= 0.3 is 0 Å². The molecule has 4 rings (SSSR count). The van der Waals surface area contributed by atoms with E-state index in [-0.39, 0.29) is 17.7 Å². The zero-order valence-electron chi connectivity index (χ0n) is 17.5. The fourth-order valence-electron chi connectivity index (χ4n) is 3.73. The maximum absolute atomic E-state index is 12.7. The second kappa shape index (κ2) is 9.26. The minimum Gasteiger partial charge on any atom is -0.493 e. The van der Waals surface area contributed by atoms with Crippen LogP contribution in [-0.4, -0.2) is 35.2 Å². The standard InChI is InChI=1S/C23H24N4O3S/c1-3-15-9-5-7-11-18(15)27-14-16(13-20(27)28)22-25-26-23(31-22)24-21(29)17-10-6-8-12-19(17)30-4-2/h5-12,16H,3-4,13-14H2,1-2H3,(H,24,26,29)/t16-/m1/s1. The molecule has 1 N–H and O–H groups in total. The predicted molar refractivity (Wildman–Crippen MR) is 121 cm³/mol. The van der Waals surface area contributed by atoms with Gasteiger partial charge in [-0.25, -0.2) is 0 Å². The topological polar surface area (TPSA) is 84.4 Å². The lowest BCUT2D eigenvalue weighted by Gasteiger charge is -2.19. The van der Waals surface area contributed by atoms with Crippen LogP contribution >= 0.6 is 11.3 Å². The summed E-state index contributed by atoms with van der Waals surface area (Å²) < 4.78 is 5.53. The van der Waals surface area contributed by atoms with Crippen molar-refractivity contribution >= 4 is 34.0 Å². The lowest BCUT2D eigenvalue weighted by molar-refractivity contribution is -0.117. The van der Waals surface area contributed by atoms with Crippen LogP contribution in [0.1, 0.15) is 47.1 Å². The Morgan fingerprint density at radius 1 is 1.16 bits per heavy atom. The number of benzene rings is 2. The Morgan fingerprint density at radius 3 is 2.74 bits per heavy atom. The highest BCUT2D eigenvalue weighted by molar-refractivity contribution is 7.15. The molecule has 2 heterocycles. The minimum absolute atomic E-state index is 0.0451.